The van der Waals surface area contributed by atoms with Crippen molar-refractivity contribution in [1.29, 1.82) is 0 Å². The van der Waals surface area contributed by atoms with Gasteiger partial charge in [0, 0.05) is 43.6 Å². The molecule has 1 fully saturated rings. The van der Waals surface area contributed by atoms with Crippen LogP contribution in [0.5, 0.6) is 0 Å². The van der Waals surface area contributed by atoms with Gasteiger partial charge in [-0.05, 0) is 53.3 Å². The number of hydrogen-bond donors (Lipinski definition) is 2. The van der Waals surface area contributed by atoms with E-state index in [1.165, 1.54) is 5.69 Å². The van der Waals surface area contributed by atoms with Crippen LogP contribution in [-0.4, -0.2) is 44.2 Å². The van der Waals surface area contributed by atoms with Gasteiger partial charge in [0.1, 0.15) is 0 Å². The molecule has 1 saturated heterocycles. The Morgan fingerprint density at radius 2 is 1.74 bits per heavy atom. The summed E-state index contributed by atoms with van der Waals surface area (Å²) in [5.41, 5.74) is 1.92. The second-order valence-corrected chi connectivity index (χ2v) is 6.30. The second-order valence-electron chi connectivity index (χ2n) is 5.52. The lowest BCUT2D eigenvalue weighted by Gasteiger charge is -2.34. The van der Waals surface area contributed by atoms with Crippen molar-refractivity contribution in [3.8, 4) is 0 Å². The molecule has 1 aliphatic rings. The number of anilines is 3. The SMILES string of the molecule is CN1CCN(c2ccc(NC(=O)Nc3ccc(Br)o3)cc2)CC1. The van der Waals surface area contributed by atoms with Gasteiger partial charge in [-0.1, -0.05) is 0 Å². The highest BCUT2D eigenvalue weighted by atomic mass is 79.9. The highest BCUT2D eigenvalue weighted by Crippen LogP contribution is 2.21. The molecule has 0 spiro atoms. The Hall–Kier alpha value is -1.99. The van der Waals surface area contributed by atoms with Crippen molar-refractivity contribution < 1.29 is 9.21 Å². The van der Waals surface area contributed by atoms with Gasteiger partial charge in [0.05, 0.1) is 0 Å². The van der Waals surface area contributed by atoms with Crippen LogP contribution in [0.3, 0.4) is 0 Å². The number of piperazine rings is 1. The zero-order chi connectivity index (χ0) is 16.2. The molecule has 122 valence electrons. The smallest absolute Gasteiger partial charge is 0.326 e. The van der Waals surface area contributed by atoms with Crippen molar-refractivity contribution >= 4 is 39.2 Å². The molecule has 2 amide bonds. The van der Waals surface area contributed by atoms with Gasteiger partial charge in [-0.25, -0.2) is 4.79 Å². The predicted octanol–water partition coefficient (Wildman–Crippen LogP) is 3.44. The third-order valence-corrected chi connectivity index (χ3v) is 4.23. The van der Waals surface area contributed by atoms with Gasteiger partial charge in [0.25, 0.3) is 0 Å². The Labute approximate surface area is 143 Å². The number of urea groups is 1. The summed E-state index contributed by atoms with van der Waals surface area (Å²) in [6.45, 7) is 4.19. The van der Waals surface area contributed by atoms with Crippen LogP contribution in [0.2, 0.25) is 0 Å². The zero-order valence-electron chi connectivity index (χ0n) is 12.9. The van der Waals surface area contributed by atoms with Gasteiger partial charge in [0.2, 0.25) is 5.88 Å². The van der Waals surface area contributed by atoms with E-state index in [0.29, 0.717) is 10.6 Å². The van der Waals surface area contributed by atoms with Crippen molar-refractivity contribution in [3.05, 3.63) is 41.1 Å². The fraction of sp³-hybridized carbons (Fsp3) is 0.312. The van der Waals surface area contributed by atoms with Gasteiger partial charge in [-0.15, -0.1) is 0 Å². The van der Waals surface area contributed by atoms with E-state index in [1.54, 1.807) is 12.1 Å². The van der Waals surface area contributed by atoms with Crippen LogP contribution >= 0.6 is 15.9 Å². The summed E-state index contributed by atoms with van der Waals surface area (Å²) in [6.07, 6.45) is 0. The van der Waals surface area contributed by atoms with E-state index in [9.17, 15) is 4.79 Å². The highest BCUT2D eigenvalue weighted by molar-refractivity contribution is 9.10. The van der Waals surface area contributed by atoms with E-state index >= 15 is 0 Å². The van der Waals surface area contributed by atoms with Crippen LogP contribution in [-0.2, 0) is 0 Å². The largest absolute Gasteiger partial charge is 0.434 e. The summed E-state index contributed by atoms with van der Waals surface area (Å²) in [5, 5.41) is 5.42. The lowest BCUT2D eigenvalue weighted by atomic mass is 10.2. The van der Waals surface area contributed by atoms with Gasteiger partial charge in [0.15, 0.2) is 4.67 Å². The molecule has 0 unspecified atom stereocenters. The van der Waals surface area contributed by atoms with Gasteiger partial charge in [-0.3, -0.25) is 5.32 Å². The number of hydrogen-bond acceptors (Lipinski definition) is 4. The van der Waals surface area contributed by atoms with Crippen LogP contribution in [0.1, 0.15) is 0 Å². The molecule has 2 aromatic rings. The summed E-state index contributed by atoms with van der Waals surface area (Å²) in [7, 11) is 2.14. The van der Waals surface area contributed by atoms with E-state index in [-0.39, 0.29) is 6.03 Å². The molecular formula is C16H19BrN4O2. The van der Waals surface area contributed by atoms with Gasteiger partial charge in [-0.2, -0.15) is 0 Å². The van der Waals surface area contributed by atoms with Crippen LogP contribution in [0.15, 0.2) is 45.5 Å². The number of likely N-dealkylation sites (N-methyl/N-ethyl adjacent to an activating group) is 1. The Balaban J connectivity index is 1.55. The quantitative estimate of drug-likeness (QED) is 0.858. The molecule has 1 aromatic heterocycles. The van der Waals surface area contributed by atoms with Crippen molar-refractivity contribution in [2.45, 2.75) is 0 Å². The first kappa shape index (κ1) is 15.9. The van der Waals surface area contributed by atoms with Crippen LogP contribution in [0.25, 0.3) is 0 Å². The zero-order valence-corrected chi connectivity index (χ0v) is 14.5. The first-order valence-electron chi connectivity index (χ1n) is 7.47. The molecule has 0 aliphatic carbocycles. The number of rotatable bonds is 3. The number of carbonyl (C=O) groups is 1. The maximum atomic E-state index is 11.9. The summed E-state index contributed by atoms with van der Waals surface area (Å²) in [6, 6.07) is 10.9. The maximum absolute atomic E-state index is 11.9. The first-order valence-corrected chi connectivity index (χ1v) is 8.26. The van der Waals surface area contributed by atoms with Gasteiger partial charge >= 0.3 is 6.03 Å². The minimum Gasteiger partial charge on any atom is -0.434 e. The first-order chi connectivity index (χ1) is 11.1. The molecule has 3 rings (SSSR count). The summed E-state index contributed by atoms with van der Waals surface area (Å²) in [4.78, 5) is 16.6. The molecule has 1 aliphatic heterocycles. The van der Waals surface area contributed by atoms with Crippen LogP contribution in [0.4, 0.5) is 22.1 Å². The third-order valence-electron chi connectivity index (χ3n) is 3.80. The Kier molecular flexibility index (Phi) is 4.88. The molecule has 7 heteroatoms. The fourth-order valence-electron chi connectivity index (χ4n) is 2.48. The number of carbonyl (C=O) groups excluding carboxylic acids is 1. The Morgan fingerprint density at radius 1 is 1.04 bits per heavy atom. The lowest BCUT2D eigenvalue weighted by molar-refractivity contribution is 0.261. The molecule has 0 atom stereocenters. The molecular weight excluding hydrogens is 360 g/mol. The topological polar surface area (TPSA) is 60.8 Å². The third kappa shape index (κ3) is 4.27. The molecule has 1 aromatic carbocycles. The standard InChI is InChI=1S/C16H19BrN4O2/c1-20-8-10-21(11-9-20)13-4-2-12(3-5-13)18-16(22)19-15-7-6-14(17)23-15/h2-7H,8-11H2,1H3,(H2,18,19,22). The second kappa shape index (κ2) is 7.06. The van der Waals surface area contributed by atoms with E-state index < -0.39 is 0 Å². The molecule has 2 heterocycles. The summed E-state index contributed by atoms with van der Waals surface area (Å²) in [5.74, 6) is 0.392. The average Bonchev–Trinajstić information content (AvgIpc) is 2.94. The molecule has 0 saturated carbocycles. The average molecular weight is 379 g/mol. The minimum absolute atomic E-state index is 0.334. The molecule has 0 bridgehead atoms. The fourth-order valence-corrected chi connectivity index (χ4v) is 2.78. The normalized spacial score (nSPS) is 15.5. The van der Waals surface area contributed by atoms with Gasteiger partial charge < -0.3 is 19.5 Å². The predicted molar refractivity (Wildman–Crippen MR) is 95.2 cm³/mol. The number of halogens is 1. The van der Waals surface area contributed by atoms with Crippen molar-refractivity contribution in [2.24, 2.45) is 0 Å². The van der Waals surface area contributed by atoms with E-state index in [4.69, 9.17) is 4.42 Å². The van der Waals surface area contributed by atoms with E-state index in [1.807, 2.05) is 24.3 Å². The molecule has 23 heavy (non-hydrogen) atoms. The maximum Gasteiger partial charge on any atom is 0.326 e. The number of furan rings is 1. The number of nitrogens with zero attached hydrogens (tertiary/aromatic N) is 2. The van der Waals surface area contributed by atoms with Crippen LogP contribution < -0.4 is 15.5 Å². The van der Waals surface area contributed by atoms with Crippen molar-refractivity contribution in [2.75, 3.05) is 48.8 Å². The Bertz CT molecular complexity index is 663. The molecule has 6 nitrogen and oxygen atoms in total. The minimum atomic E-state index is -0.334. The van der Waals surface area contributed by atoms with Crippen molar-refractivity contribution in [1.82, 2.24) is 4.90 Å². The van der Waals surface area contributed by atoms with E-state index in [2.05, 4.69) is 43.4 Å². The van der Waals surface area contributed by atoms with Crippen molar-refractivity contribution in [3.63, 3.8) is 0 Å². The Morgan fingerprint density at radius 3 is 2.35 bits per heavy atom. The molecule has 2 N–H and O–H groups in total. The summed E-state index contributed by atoms with van der Waals surface area (Å²) >= 11 is 3.19. The lowest BCUT2D eigenvalue weighted by Crippen LogP contribution is -2.44. The highest BCUT2D eigenvalue weighted by Gasteiger charge is 2.14. The number of benzene rings is 1. The summed E-state index contributed by atoms with van der Waals surface area (Å²) < 4.78 is 5.81. The monoisotopic (exact) mass is 378 g/mol. The molecule has 0 radical (unpaired) electrons. The number of amides is 2. The van der Waals surface area contributed by atoms with E-state index in [0.717, 1.165) is 31.9 Å². The van der Waals surface area contributed by atoms with Crippen LogP contribution in [0, 0.1) is 0 Å². The number of nitrogens with one attached hydrogen (secondary N) is 2.